The van der Waals surface area contributed by atoms with Crippen LogP contribution in [0.4, 0.5) is 5.69 Å². The van der Waals surface area contributed by atoms with Crippen molar-refractivity contribution in [1.82, 2.24) is 4.90 Å². The number of carboxylic acids is 2. The fraction of sp³-hybridized carbons (Fsp3) is 0.250. The van der Waals surface area contributed by atoms with Gasteiger partial charge < -0.3 is 25.2 Å². The van der Waals surface area contributed by atoms with Crippen LogP contribution >= 0.6 is 0 Å². The summed E-state index contributed by atoms with van der Waals surface area (Å²) in [5.74, 6) is -2.82. The monoisotopic (exact) mass is 367 g/mol. The molecule has 1 aliphatic rings. The summed E-state index contributed by atoms with van der Waals surface area (Å²) in [6.45, 7) is 2.11. The Morgan fingerprint density at radius 1 is 1.26 bits per heavy atom. The van der Waals surface area contributed by atoms with Crippen molar-refractivity contribution in [2.75, 3.05) is 5.32 Å². The highest BCUT2D eigenvalue weighted by molar-refractivity contribution is 5.92. The van der Waals surface area contributed by atoms with Gasteiger partial charge in [0.05, 0.1) is 11.6 Å². The van der Waals surface area contributed by atoms with Gasteiger partial charge in [-0.2, -0.15) is 0 Å². The van der Waals surface area contributed by atoms with Crippen molar-refractivity contribution in [3.63, 3.8) is 0 Å². The minimum atomic E-state index is -1.36. The number of hydrogen-bond donors (Lipinski definition) is 2. The molecule has 0 fully saturated rings. The molecule has 2 atom stereocenters. The molecule has 0 spiro atoms. The van der Waals surface area contributed by atoms with E-state index in [1.807, 2.05) is 37.3 Å². The molecule has 2 N–H and O–H groups in total. The maximum absolute atomic E-state index is 13.0. The van der Waals surface area contributed by atoms with Crippen molar-refractivity contribution in [3.8, 4) is 0 Å². The quantitative estimate of drug-likeness (QED) is 0.827. The second-order valence-corrected chi connectivity index (χ2v) is 6.50. The number of benzene rings is 2. The van der Waals surface area contributed by atoms with Crippen LogP contribution in [0.2, 0.25) is 0 Å². The third-order valence-electron chi connectivity index (χ3n) is 4.73. The van der Waals surface area contributed by atoms with Crippen molar-refractivity contribution in [1.29, 1.82) is 0 Å². The van der Waals surface area contributed by atoms with E-state index in [9.17, 15) is 24.6 Å². The Morgan fingerprint density at radius 2 is 1.96 bits per heavy atom. The first-order valence-corrected chi connectivity index (χ1v) is 8.55. The standard InChI is InChI=1S/C20H20N2O5/c1-12(13-5-3-2-4-6-13)22-11-15-8-7-14(20(26)27)9-16(15)21-17(19(22)25)10-18(23)24/h2-9,12,17,21H,10-11H2,1H3,(H,23,24)(H,26,27)/p-1. The van der Waals surface area contributed by atoms with Crippen molar-refractivity contribution in [3.05, 3.63) is 65.2 Å². The van der Waals surface area contributed by atoms with Gasteiger partial charge in [-0.15, -0.1) is 0 Å². The molecule has 0 radical (unpaired) electrons. The molecule has 0 aromatic heterocycles. The number of rotatable bonds is 5. The number of fused-ring (bicyclic) bond motifs is 1. The number of carbonyl (C=O) groups is 3. The first-order chi connectivity index (χ1) is 12.9. The number of hydrogen-bond acceptors (Lipinski definition) is 5. The van der Waals surface area contributed by atoms with E-state index in [2.05, 4.69) is 5.32 Å². The zero-order valence-corrected chi connectivity index (χ0v) is 14.7. The molecule has 2 unspecified atom stereocenters. The molecule has 0 saturated heterocycles. The molecule has 27 heavy (non-hydrogen) atoms. The molecule has 0 bridgehead atoms. The van der Waals surface area contributed by atoms with Crippen LogP contribution in [0, 0.1) is 0 Å². The average molecular weight is 367 g/mol. The van der Waals surface area contributed by atoms with Gasteiger partial charge in [-0.3, -0.25) is 4.79 Å². The number of carboxylic acid groups (broad SMARTS) is 2. The fourth-order valence-corrected chi connectivity index (χ4v) is 3.24. The van der Waals surface area contributed by atoms with E-state index in [0.29, 0.717) is 5.69 Å². The molecule has 1 amide bonds. The minimum absolute atomic E-state index is 0.0606. The molecule has 1 aliphatic heterocycles. The summed E-state index contributed by atoms with van der Waals surface area (Å²) < 4.78 is 0. The number of anilines is 1. The lowest BCUT2D eigenvalue weighted by Crippen LogP contribution is -2.44. The van der Waals surface area contributed by atoms with Crippen LogP contribution < -0.4 is 10.4 Å². The highest BCUT2D eigenvalue weighted by Crippen LogP contribution is 2.31. The predicted octanol–water partition coefficient (Wildman–Crippen LogP) is 1.41. The van der Waals surface area contributed by atoms with Crippen molar-refractivity contribution < 1.29 is 24.6 Å². The molecule has 2 aromatic carbocycles. The molecular weight excluding hydrogens is 348 g/mol. The predicted molar refractivity (Wildman–Crippen MR) is 95.8 cm³/mol. The van der Waals surface area contributed by atoms with Crippen LogP contribution in [0.3, 0.4) is 0 Å². The number of amides is 1. The van der Waals surface area contributed by atoms with Crippen molar-refractivity contribution in [2.45, 2.75) is 32.0 Å². The van der Waals surface area contributed by atoms with Gasteiger partial charge in [-0.1, -0.05) is 36.4 Å². The van der Waals surface area contributed by atoms with Crippen molar-refractivity contribution in [2.24, 2.45) is 0 Å². The second-order valence-electron chi connectivity index (χ2n) is 6.50. The van der Waals surface area contributed by atoms with Gasteiger partial charge in [-0.05, 0) is 30.2 Å². The lowest BCUT2D eigenvalue weighted by molar-refractivity contribution is -0.305. The van der Waals surface area contributed by atoms with Crippen molar-refractivity contribution >= 4 is 23.5 Å². The molecule has 7 nitrogen and oxygen atoms in total. The highest BCUT2D eigenvalue weighted by Gasteiger charge is 2.32. The third kappa shape index (κ3) is 3.92. The van der Waals surface area contributed by atoms with E-state index in [-0.39, 0.29) is 24.1 Å². The summed E-state index contributed by atoms with van der Waals surface area (Å²) in [7, 11) is 0. The highest BCUT2D eigenvalue weighted by atomic mass is 16.4. The van der Waals surface area contributed by atoms with E-state index >= 15 is 0 Å². The normalized spacial score (nSPS) is 17.4. The SMILES string of the molecule is CC(c1ccccc1)N1Cc2ccc(C(=O)O)cc2NC(CC(=O)[O-])C1=O. The van der Waals surface area contributed by atoms with Gasteiger partial charge in [0.25, 0.3) is 0 Å². The van der Waals surface area contributed by atoms with Gasteiger partial charge in [0.1, 0.15) is 6.04 Å². The van der Waals surface area contributed by atoms with E-state index in [1.165, 1.54) is 12.1 Å². The molecule has 0 saturated carbocycles. The maximum atomic E-state index is 13.0. The van der Waals surface area contributed by atoms with Crippen LogP contribution in [-0.4, -0.2) is 33.9 Å². The van der Waals surface area contributed by atoms with E-state index in [4.69, 9.17) is 0 Å². The number of carbonyl (C=O) groups excluding carboxylic acids is 2. The molecule has 7 heteroatoms. The summed E-state index contributed by atoms with van der Waals surface area (Å²) in [5.41, 5.74) is 2.14. The summed E-state index contributed by atoms with van der Waals surface area (Å²) >= 11 is 0. The number of nitrogens with zero attached hydrogens (tertiary/aromatic N) is 1. The summed E-state index contributed by atoms with van der Waals surface area (Å²) in [6, 6.07) is 12.6. The maximum Gasteiger partial charge on any atom is 0.335 e. The Morgan fingerprint density at radius 3 is 2.59 bits per heavy atom. The largest absolute Gasteiger partial charge is 0.550 e. The second kappa shape index (κ2) is 7.49. The Bertz CT molecular complexity index is 881. The van der Waals surface area contributed by atoms with Crippen LogP contribution in [0.25, 0.3) is 0 Å². The van der Waals surface area contributed by atoms with Gasteiger partial charge >= 0.3 is 5.97 Å². The molecule has 3 rings (SSSR count). The van der Waals surface area contributed by atoms with Crippen LogP contribution in [0.15, 0.2) is 48.5 Å². The molecular formula is C20H19N2O5-. The molecule has 140 valence electrons. The van der Waals surface area contributed by atoms with E-state index in [0.717, 1.165) is 11.1 Å². The Balaban J connectivity index is 2.02. The lowest BCUT2D eigenvalue weighted by atomic mass is 10.0. The third-order valence-corrected chi connectivity index (χ3v) is 4.73. The lowest BCUT2D eigenvalue weighted by Gasteiger charge is -2.31. The molecule has 2 aromatic rings. The Labute approximate surface area is 156 Å². The van der Waals surface area contributed by atoms with Crippen LogP contribution in [0.5, 0.6) is 0 Å². The van der Waals surface area contributed by atoms with Gasteiger partial charge in [0.2, 0.25) is 5.91 Å². The van der Waals surface area contributed by atoms with Gasteiger partial charge in [-0.25, -0.2) is 4.79 Å². The van der Waals surface area contributed by atoms with Gasteiger partial charge in [0, 0.05) is 24.6 Å². The Kier molecular flexibility index (Phi) is 5.12. The minimum Gasteiger partial charge on any atom is -0.550 e. The van der Waals surface area contributed by atoms with Crippen LogP contribution in [-0.2, 0) is 16.1 Å². The first kappa shape index (κ1) is 18.4. The first-order valence-electron chi connectivity index (χ1n) is 8.55. The number of aliphatic carboxylic acids is 1. The topological polar surface area (TPSA) is 110 Å². The van der Waals surface area contributed by atoms with E-state index in [1.54, 1.807) is 11.0 Å². The number of nitrogens with one attached hydrogen (secondary N) is 1. The zero-order valence-electron chi connectivity index (χ0n) is 14.7. The Hall–Kier alpha value is -3.35. The van der Waals surface area contributed by atoms with Gasteiger partial charge in [0.15, 0.2) is 0 Å². The molecule has 0 aliphatic carbocycles. The molecule has 1 heterocycles. The average Bonchev–Trinajstić information content (AvgIpc) is 2.78. The number of aromatic carboxylic acids is 1. The summed E-state index contributed by atoms with van der Waals surface area (Å²) in [4.78, 5) is 37.0. The fourth-order valence-electron chi connectivity index (χ4n) is 3.24. The van der Waals surface area contributed by atoms with E-state index < -0.39 is 24.4 Å². The smallest absolute Gasteiger partial charge is 0.335 e. The zero-order chi connectivity index (χ0) is 19.6. The summed E-state index contributed by atoms with van der Waals surface area (Å²) in [5, 5.41) is 23.2. The summed E-state index contributed by atoms with van der Waals surface area (Å²) in [6.07, 6.45) is -0.506. The van der Waals surface area contributed by atoms with Crippen LogP contribution in [0.1, 0.15) is 40.9 Å².